The van der Waals surface area contributed by atoms with Crippen LogP contribution in [0.5, 0.6) is 0 Å². The summed E-state index contributed by atoms with van der Waals surface area (Å²) in [5.74, 6) is -0.286. The van der Waals surface area contributed by atoms with Crippen LogP contribution in [0.15, 0.2) is 30.3 Å². The van der Waals surface area contributed by atoms with Crippen LogP contribution in [0.4, 0.5) is 0 Å². The van der Waals surface area contributed by atoms with Crippen molar-refractivity contribution in [2.24, 2.45) is 5.92 Å². The zero-order valence-electron chi connectivity index (χ0n) is 20.1. The highest BCUT2D eigenvalue weighted by atomic mass is 16.8. The van der Waals surface area contributed by atoms with Gasteiger partial charge in [-0.25, -0.2) is 0 Å². The summed E-state index contributed by atoms with van der Waals surface area (Å²) in [7, 11) is 0. The van der Waals surface area contributed by atoms with E-state index in [-0.39, 0.29) is 23.1 Å². The Hall–Kier alpha value is -0.940. The van der Waals surface area contributed by atoms with Crippen molar-refractivity contribution >= 4 is 0 Å². The van der Waals surface area contributed by atoms with Gasteiger partial charge in [-0.3, -0.25) is 4.84 Å². The van der Waals surface area contributed by atoms with Crippen LogP contribution < -0.4 is 0 Å². The molecule has 0 amide bonds. The fraction of sp³-hybridized carbons (Fsp3) is 0.769. The lowest BCUT2D eigenvalue weighted by molar-refractivity contribution is -0.368. The smallest absolute Gasteiger partial charge is 0.175 e. The molecule has 0 radical (unpaired) electrons. The second-order valence-electron chi connectivity index (χ2n) is 9.83. The van der Waals surface area contributed by atoms with E-state index >= 15 is 0 Å². The molecule has 5 unspecified atom stereocenters. The van der Waals surface area contributed by atoms with Crippen LogP contribution in [0, 0.1) is 5.92 Å². The maximum atomic E-state index is 6.72. The molecular weight excluding hydrogens is 374 g/mol. The fourth-order valence-corrected chi connectivity index (χ4v) is 5.42. The predicted molar refractivity (Wildman–Crippen MR) is 122 cm³/mol. The second-order valence-corrected chi connectivity index (χ2v) is 9.83. The lowest BCUT2D eigenvalue weighted by atomic mass is 9.67. The van der Waals surface area contributed by atoms with Crippen molar-refractivity contribution in [1.29, 1.82) is 0 Å². The minimum atomic E-state index is -0.507. The summed E-state index contributed by atoms with van der Waals surface area (Å²) >= 11 is 0. The number of benzene rings is 1. The normalized spacial score (nSPS) is 37.1. The number of ether oxygens (including phenoxy) is 2. The fourth-order valence-electron chi connectivity index (χ4n) is 5.42. The van der Waals surface area contributed by atoms with Crippen molar-refractivity contribution in [2.75, 3.05) is 13.2 Å². The minimum absolute atomic E-state index is 0.131. The first-order valence-electron chi connectivity index (χ1n) is 12.1. The third-order valence-electron chi connectivity index (χ3n) is 7.86. The molecule has 30 heavy (non-hydrogen) atoms. The van der Waals surface area contributed by atoms with Gasteiger partial charge < -0.3 is 9.47 Å². The van der Waals surface area contributed by atoms with Gasteiger partial charge in [0.25, 0.3) is 0 Å². The first-order chi connectivity index (χ1) is 14.3. The molecule has 2 saturated heterocycles. The molecule has 1 spiro atoms. The highest BCUT2D eigenvalue weighted by molar-refractivity contribution is 5.15. The second kappa shape index (κ2) is 9.68. The molecule has 0 aliphatic carbocycles. The Morgan fingerprint density at radius 3 is 2.47 bits per heavy atom. The monoisotopic (exact) mass is 417 g/mol. The van der Waals surface area contributed by atoms with Gasteiger partial charge >= 0.3 is 0 Å². The average Bonchev–Trinajstić information content (AvgIpc) is 3.17. The van der Waals surface area contributed by atoms with E-state index in [0.29, 0.717) is 6.61 Å². The van der Waals surface area contributed by atoms with E-state index in [1.54, 1.807) is 0 Å². The minimum Gasteiger partial charge on any atom is -0.347 e. The van der Waals surface area contributed by atoms with Gasteiger partial charge in [-0.1, -0.05) is 70.9 Å². The Bertz CT molecular complexity index is 668. The molecule has 2 fully saturated rings. The van der Waals surface area contributed by atoms with E-state index in [9.17, 15) is 0 Å². The summed E-state index contributed by atoms with van der Waals surface area (Å²) in [4.78, 5) is 6.59. The van der Waals surface area contributed by atoms with Gasteiger partial charge in [-0.15, -0.1) is 0 Å². The third-order valence-corrected chi connectivity index (χ3v) is 7.86. The van der Waals surface area contributed by atoms with Crippen molar-refractivity contribution in [3.63, 3.8) is 0 Å². The largest absolute Gasteiger partial charge is 0.347 e. The molecule has 0 bridgehead atoms. The molecule has 4 nitrogen and oxygen atoms in total. The lowest BCUT2D eigenvalue weighted by Crippen LogP contribution is -2.71. The zero-order chi connectivity index (χ0) is 21.8. The van der Waals surface area contributed by atoms with Gasteiger partial charge in [0.1, 0.15) is 0 Å². The van der Waals surface area contributed by atoms with Gasteiger partial charge in [-0.05, 0) is 45.1 Å². The van der Waals surface area contributed by atoms with Gasteiger partial charge in [0.15, 0.2) is 5.79 Å². The molecule has 5 atom stereocenters. The van der Waals surface area contributed by atoms with Crippen LogP contribution in [0.3, 0.4) is 0 Å². The van der Waals surface area contributed by atoms with Crippen LogP contribution in [0.2, 0.25) is 0 Å². The number of rotatable bonds is 9. The Morgan fingerprint density at radius 2 is 1.83 bits per heavy atom. The Morgan fingerprint density at radius 1 is 1.10 bits per heavy atom. The van der Waals surface area contributed by atoms with Gasteiger partial charge in [0.2, 0.25) is 0 Å². The average molecular weight is 418 g/mol. The molecule has 2 aliphatic heterocycles. The van der Waals surface area contributed by atoms with Crippen LogP contribution in [-0.2, 0) is 20.7 Å². The quantitative estimate of drug-likeness (QED) is 0.483. The summed E-state index contributed by atoms with van der Waals surface area (Å²) in [6.07, 6.45) is 7.46. The maximum absolute atomic E-state index is 6.72. The van der Waals surface area contributed by atoms with Crippen LogP contribution >= 0.6 is 0 Å². The van der Waals surface area contributed by atoms with E-state index in [0.717, 1.165) is 38.7 Å². The number of hydrogen-bond acceptors (Lipinski definition) is 4. The Labute approximate surface area is 184 Å². The van der Waals surface area contributed by atoms with E-state index in [1.165, 1.54) is 18.4 Å². The van der Waals surface area contributed by atoms with Crippen LogP contribution in [0.25, 0.3) is 0 Å². The van der Waals surface area contributed by atoms with Crippen molar-refractivity contribution in [1.82, 2.24) is 5.06 Å². The zero-order valence-corrected chi connectivity index (χ0v) is 20.1. The van der Waals surface area contributed by atoms with E-state index in [2.05, 4.69) is 76.9 Å². The summed E-state index contributed by atoms with van der Waals surface area (Å²) < 4.78 is 13.2. The molecule has 0 aromatic heterocycles. The standard InChI is InChI=1S/C26H43NO3/c1-7-10-16-23-19-28-26(30-23)20-24(5,8-2)27(25(6,9-3)21(26)4)29-18-17-22-14-12-11-13-15-22/h11-15,21,23H,7-10,16-20H2,1-6H3. The summed E-state index contributed by atoms with van der Waals surface area (Å²) in [5, 5.41) is 2.32. The maximum Gasteiger partial charge on any atom is 0.175 e. The molecule has 170 valence electrons. The molecule has 0 N–H and O–H groups in total. The predicted octanol–water partition coefficient (Wildman–Crippen LogP) is 6.14. The highest BCUT2D eigenvalue weighted by Crippen LogP contribution is 2.54. The first kappa shape index (κ1) is 23.7. The van der Waals surface area contributed by atoms with Crippen LogP contribution in [0.1, 0.15) is 85.6 Å². The number of piperidine rings is 1. The van der Waals surface area contributed by atoms with Crippen molar-refractivity contribution in [3.05, 3.63) is 35.9 Å². The van der Waals surface area contributed by atoms with Crippen LogP contribution in [-0.4, -0.2) is 41.2 Å². The number of hydrogen-bond donors (Lipinski definition) is 0. The number of hydroxylamine groups is 2. The molecular formula is C26H43NO3. The topological polar surface area (TPSA) is 30.9 Å². The summed E-state index contributed by atoms with van der Waals surface area (Å²) in [6.45, 7) is 15.1. The molecule has 0 saturated carbocycles. The Kier molecular flexibility index (Phi) is 7.66. The van der Waals surface area contributed by atoms with Crippen molar-refractivity contribution < 1.29 is 14.3 Å². The first-order valence-corrected chi connectivity index (χ1v) is 12.1. The number of nitrogens with zero attached hydrogens (tertiary/aromatic N) is 1. The van der Waals surface area contributed by atoms with E-state index in [1.807, 2.05) is 0 Å². The van der Waals surface area contributed by atoms with Gasteiger partial charge in [0.05, 0.1) is 24.9 Å². The molecule has 3 rings (SSSR count). The molecule has 4 heteroatoms. The van der Waals surface area contributed by atoms with Gasteiger partial charge in [0, 0.05) is 17.9 Å². The third kappa shape index (κ3) is 4.48. The molecule has 1 aromatic carbocycles. The highest BCUT2D eigenvalue weighted by Gasteiger charge is 2.63. The van der Waals surface area contributed by atoms with E-state index in [4.69, 9.17) is 14.3 Å². The summed E-state index contributed by atoms with van der Waals surface area (Å²) in [5.41, 5.74) is 1.03. The number of unbranched alkanes of at least 4 members (excludes halogenated alkanes) is 1. The Balaban J connectivity index is 1.79. The van der Waals surface area contributed by atoms with Gasteiger partial charge in [-0.2, -0.15) is 5.06 Å². The molecule has 2 aliphatic rings. The van der Waals surface area contributed by atoms with Crippen molar-refractivity contribution in [3.8, 4) is 0 Å². The molecule has 1 aromatic rings. The lowest BCUT2D eigenvalue weighted by Gasteiger charge is -2.61. The van der Waals surface area contributed by atoms with Crippen molar-refractivity contribution in [2.45, 2.75) is 109 Å². The summed E-state index contributed by atoms with van der Waals surface area (Å²) in [6, 6.07) is 10.6. The molecule has 2 heterocycles. The SMILES string of the molecule is CCCCC1COC2(CC(C)(CC)N(OCCc3ccccc3)C(C)(CC)C2C)O1. The van der Waals surface area contributed by atoms with E-state index < -0.39 is 5.79 Å².